The lowest BCUT2D eigenvalue weighted by molar-refractivity contribution is -0.155. The quantitative estimate of drug-likeness (QED) is 0.262. The smallest absolute Gasteiger partial charge is 0.325 e. The highest BCUT2D eigenvalue weighted by molar-refractivity contribution is 5.83. The van der Waals surface area contributed by atoms with Gasteiger partial charge in [-0.15, -0.1) is 0 Å². The fourth-order valence-electron chi connectivity index (χ4n) is 2.56. The summed E-state index contributed by atoms with van der Waals surface area (Å²) < 4.78 is 10.4. The maximum absolute atomic E-state index is 12.5. The van der Waals surface area contributed by atoms with Crippen molar-refractivity contribution in [1.29, 1.82) is 0 Å². The second-order valence-electron chi connectivity index (χ2n) is 6.77. The molecule has 0 aliphatic rings. The fourth-order valence-corrected chi connectivity index (χ4v) is 2.56. The topological polar surface area (TPSA) is 151 Å². The van der Waals surface area contributed by atoms with Crippen molar-refractivity contribution < 1.29 is 38.9 Å². The number of nitrogens with one attached hydrogen (secondary N) is 2. The standard InChI is InChI=1S/C22H24N2O8/c25-19(26)11-17(21(28)29)23-24-18(22(30)32-14-16-9-5-2-6-10-16)12-20(27)31-13-15-7-3-1-4-8-15/h1-10,17-18,23-24H,11-14H2,(H,25,26)(H,28,29)/t17-,18-/m0/s1. The van der Waals surface area contributed by atoms with Crippen molar-refractivity contribution in [2.75, 3.05) is 0 Å². The molecule has 0 unspecified atom stereocenters. The van der Waals surface area contributed by atoms with Crippen LogP contribution in [0.4, 0.5) is 0 Å². The summed E-state index contributed by atoms with van der Waals surface area (Å²) in [6.45, 7) is -0.0654. The van der Waals surface area contributed by atoms with Crippen LogP contribution in [0.3, 0.4) is 0 Å². The number of carbonyl (C=O) groups excluding carboxylic acids is 2. The first-order valence-corrected chi connectivity index (χ1v) is 9.71. The molecule has 0 radical (unpaired) electrons. The second kappa shape index (κ2) is 12.8. The van der Waals surface area contributed by atoms with E-state index >= 15 is 0 Å². The Kier molecular flexibility index (Phi) is 9.82. The van der Waals surface area contributed by atoms with E-state index in [2.05, 4.69) is 10.9 Å². The summed E-state index contributed by atoms with van der Waals surface area (Å²) in [7, 11) is 0. The van der Waals surface area contributed by atoms with Gasteiger partial charge in [-0.25, -0.2) is 10.9 Å². The van der Waals surface area contributed by atoms with Gasteiger partial charge in [0.1, 0.15) is 25.3 Å². The molecule has 10 heteroatoms. The lowest BCUT2D eigenvalue weighted by atomic mass is 10.2. The molecule has 170 valence electrons. The van der Waals surface area contributed by atoms with E-state index in [9.17, 15) is 19.2 Å². The van der Waals surface area contributed by atoms with Gasteiger partial charge in [-0.2, -0.15) is 0 Å². The van der Waals surface area contributed by atoms with E-state index in [0.29, 0.717) is 5.56 Å². The first kappa shape index (κ1) is 24.5. The van der Waals surface area contributed by atoms with Gasteiger partial charge in [0.2, 0.25) is 0 Å². The summed E-state index contributed by atoms with van der Waals surface area (Å²) in [5.41, 5.74) is 6.14. The molecule has 0 saturated heterocycles. The summed E-state index contributed by atoms with van der Waals surface area (Å²) >= 11 is 0. The van der Waals surface area contributed by atoms with E-state index in [1.54, 1.807) is 54.6 Å². The van der Waals surface area contributed by atoms with E-state index in [1.165, 1.54) is 0 Å². The number of hydrogen-bond acceptors (Lipinski definition) is 8. The maximum Gasteiger partial charge on any atom is 0.325 e. The van der Waals surface area contributed by atoms with Gasteiger partial charge < -0.3 is 19.7 Å². The summed E-state index contributed by atoms with van der Waals surface area (Å²) in [6.07, 6.45) is -1.21. The van der Waals surface area contributed by atoms with Gasteiger partial charge in [0.25, 0.3) is 0 Å². The van der Waals surface area contributed by atoms with Crippen LogP contribution in [0.25, 0.3) is 0 Å². The van der Waals surface area contributed by atoms with E-state index in [0.717, 1.165) is 5.56 Å². The fraction of sp³-hybridized carbons (Fsp3) is 0.273. The zero-order chi connectivity index (χ0) is 23.3. The van der Waals surface area contributed by atoms with Crippen LogP contribution in [0.15, 0.2) is 60.7 Å². The predicted octanol–water partition coefficient (Wildman–Crippen LogP) is 1.25. The lowest BCUT2D eigenvalue weighted by Gasteiger charge is -2.20. The van der Waals surface area contributed by atoms with Gasteiger partial charge >= 0.3 is 23.9 Å². The molecule has 0 aromatic heterocycles. The molecule has 0 aliphatic carbocycles. The van der Waals surface area contributed by atoms with Crippen molar-refractivity contribution in [1.82, 2.24) is 10.9 Å². The van der Waals surface area contributed by atoms with Crippen molar-refractivity contribution in [3.63, 3.8) is 0 Å². The van der Waals surface area contributed by atoms with Crippen molar-refractivity contribution in [3.05, 3.63) is 71.8 Å². The van der Waals surface area contributed by atoms with E-state index in [1.807, 2.05) is 6.07 Å². The minimum absolute atomic E-state index is 0.00432. The molecule has 0 fully saturated rings. The third-order valence-corrected chi connectivity index (χ3v) is 4.23. The van der Waals surface area contributed by atoms with E-state index < -0.39 is 48.8 Å². The molecule has 0 spiro atoms. The third kappa shape index (κ3) is 8.94. The van der Waals surface area contributed by atoms with Gasteiger partial charge in [0, 0.05) is 0 Å². The minimum Gasteiger partial charge on any atom is -0.481 e. The van der Waals surface area contributed by atoms with Gasteiger partial charge in [-0.3, -0.25) is 19.2 Å². The highest BCUT2D eigenvalue weighted by Gasteiger charge is 2.28. The van der Waals surface area contributed by atoms with Crippen LogP contribution in [0.5, 0.6) is 0 Å². The number of hydrogen-bond donors (Lipinski definition) is 4. The molecule has 0 bridgehead atoms. The number of esters is 2. The number of ether oxygens (including phenoxy) is 2. The second-order valence-corrected chi connectivity index (χ2v) is 6.77. The van der Waals surface area contributed by atoms with Crippen LogP contribution in [0.1, 0.15) is 24.0 Å². The zero-order valence-electron chi connectivity index (χ0n) is 17.1. The van der Waals surface area contributed by atoms with Crippen LogP contribution in [-0.2, 0) is 41.9 Å². The summed E-state index contributed by atoms with van der Waals surface area (Å²) in [4.78, 5) is 46.9. The Morgan fingerprint density at radius 1 is 0.719 bits per heavy atom. The lowest BCUT2D eigenvalue weighted by Crippen LogP contribution is -2.54. The van der Waals surface area contributed by atoms with Crippen molar-refractivity contribution in [2.45, 2.75) is 38.1 Å². The number of benzene rings is 2. The van der Waals surface area contributed by atoms with Crippen molar-refractivity contribution in [2.24, 2.45) is 0 Å². The molecule has 2 aromatic carbocycles. The Balaban J connectivity index is 1.99. The third-order valence-electron chi connectivity index (χ3n) is 4.23. The van der Waals surface area contributed by atoms with Crippen LogP contribution < -0.4 is 10.9 Å². The Morgan fingerprint density at radius 3 is 1.72 bits per heavy atom. The Hall–Kier alpha value is -3.76. The van der Waals surface area contributed by atoms with Crippen LogP contribution in [-0.4, -0.2) is 46.2 Å². The van der Waals surface area contributed by atoms with Crippen LogP contribution >= 0.6 is 0 Å². The van der Waals surface area contributed by atoms with Crippen LogP contribution in [0.2, 0.25) is 0 Å². The van der Waals surface area contributed by atoms with Crippen LogP contribution in [0, 0.1) is 0 Å². The molecule has 0 saturated carbocycles. The normalized spacial score (nSPS) is 12.4. The zero-order valence-corrected chi connectivity index (χ0v) is 17.1. The monoisotopic (exact) mass is 444 g/mol. The van der Waals surface area contributed by atoms with Gasteiger partial charge in [0.15, 0.2) is 0 Å². The molecule has 2 rings (SSSR count). The summed E-state index contributed by atoms with van der Waals surface area (Å²) in [6, 6.07) is 14.9. The number of carboxylic acid groups (broad SMARTS) is 2. The Bertz CT molecular complexity index is 905. The predicted molar refractivity (Wildman–Crippen MR) is 111 cm³/mol. The molecular weight excluding hydrogens is 420 g/mol. The number of rotatable bonds is 13. The molecule has 4 N–H and O–H groups in total. The van der Waals surface area contributed by atoms with Gasteiger partial charge in [-0.05, 0) is 11.1 Å². The minimum atomic E-state index is -1.53. The highest BCUT2D eigenvalue weighted by Crippen LogP contribution is 2.07. The van der Waals surface area contributed by atoms with Crippen molar-refractivity contribution >= 4 is 23.9 Å². The first-order chi connectivity index (χ1) is 15.3. The Morgan fingerprint density at radius 2 is 1.22 bits per heavy atom. The highest BCUT2D eigenvalue weighted by atomic mass is 16.5. The van der Waals surface area contributed by atoms with E-state index in [4.69, 9.17) is 19.7 Å². The van der Waals surface area contributed by atoms with Crippen molar-refractivity contribution in [3.8, 4) is 0 Å². The van der Waals surface area contributed by atoms with Gasteiger partial charge in [-0.1, -0.05) is 60.7 Å². The van der Waals surface area contributed by atoms with Gasteiger partial charge in [0.05, 0.1) is 12.8 Å². The van der Waals surface area contributed by atoms with E-state index in [-0.39, 0.29) is 13.2 Å². The average molecular weight is 444 g/mol. The first-order valence-electron chi connectivity index (χ1n) is 9.71. The molecule has 0 aliphatic heterocycles. The number of carbonyl (C=O) groups is 4. The number of aliphatic carboxylic acids is 2. The summed E-state index contributed by atoms with van der Waals surface area (Å²) in [5, 5.41) is 18.0. The summed E-state index contributed by atoms with van der Waals surface area (Å²) in [5.74, 6) is -4.35. The number of carboxylic acids is 2. The molecule has 2 atom stereocenters. The molecule has 2 aromatic rings. The average Bonchev–Trinajstić information content (AvgIpc) is 2.78. The number of hydrazine groups is 1. The molecular formula is C22H24N2O8. The largest absolute Gasteiger partial charge is 0.481 e. The molecule has 32 heavy (non-hydrogen) atoms. The molecule has 0 heterocycles. The maximum atomic E-state index is 12.5. The molecule has 0 amide bonds. The Labute approximate surface area is 184 Å². The SMILES string of the molecule is O=C(O)C[C@H](NN[C@@H](CC(=O)OCc1ccccc1)C(=O)OCc1ccccc1)C(=O)O. The molecule has 10 nitrogen and oxygen atoms in total.